The molecule has 0 radical (unpaired) electrons. The van der Waals surface area contributed by atoms with Crippen LogP contribution < -0.4 is 5.32 Å². The highest BCUT2D eigenvalue weighted by atomic mass is 35.5. The monoisotopic (exact) mass is 472 g/mol. The van der Waals surface area contributed by atoms with Gasteiger partial charge in [-0.1, -0.05) is 53.9 Å². The van der Waals surface area contributed by atoms with Gasteiger partial charge in [0.15, 0.2) is 0 Å². The molecule has 0 spiro atoms. The molecule has 0 aliphatic carbocycles. The molecule has 0 aromatic heterocycles. The number of amides is 2. The van der Waals surface area contributed by atoms with E-state index in [-0.39, 0.29) is 35.5 Å². The predicted molar refractivity (Wildman–Crippen MR) is 119 cm³/mol. The van der Waals surface area contributed by atoms with Crippen molar-refractivity contribution in [2.24, 2.45) is 0 Å². The van der Waals surface area contributed by atoms with Crippen molar-refractivity contribution in [1.82, 2.24) is 10.2 Å². The lowest BCUT2D eigenvalue weighted by Gasteiger charge is -2.30. The van der Waals surface area contributed by atoms with Crippen molar-refractivity contribution in [3.05, 3.63) is 68.4 Å². The van der Waals surface area contributed by atoms with Crippen LogP contribution in [0, 0.1) is 5.82 Å². The molecule has 2 aromatic carbocycles. The standard InChI is InChI=1S/C22H24Cl3FN2O2/c1-4-13(2)27-22(30)14(3)28(12-16-18(24)7-5-8-19(16)25)21(29)11-15-17(23)9-6-10-20(15)26/h5-10,13-14H,4,11-12H2,1-3H3,(H,27,30). The number of rotatable bonds is 8. The summed E-state index contributed by atoms with van der Waals surface area (Å²) in [6.45, 7) is 5.44. The summed E-state index contributed by atoms with van der Waals surface area (Å²) in [5, 5.41) is 3.76. The Morgan fingerprint density at radius 2 is 1.53 bits per heavy atom. The van der Waals surface area contributed by atoms with E-state index in [1.165, 1.54) is 23.1 Å². The van der Waals surface area contributed by atoms with Crippen molar-refractivity contribution in [2.75, 3.05) is 0 Å². The summed E-state index contributed by atoms with van der Waals surface area (Å²) >= 11 is 18.6. The second-order valence-electron chi connectivity index (χ2n) is 7.09. The van der Waals surface area contributed by atoms with Crippen LogP contribution in [0.25, 0.3) is 0 Å². The molecule has 162 valence electrons. The minimum atomic E-state index is -0.829. The summed E-state index contributed by atoms with van der Waals surface area (Å²) < 4.78 is 14.2. The molecule has 2 atom stereocenters. The third-order valence-electron chi connectivity index (χ3n) is 4.95. The Hall–Kier alpha value is -1.82. The molecule has 2 rings (SSSR count). The molecule has 0 fully saturated rings. The molecule has 4 nitrogen and oxygen atoms in total. The van der Waals surface area contributed by atoms with E-state index in [0.29, 0.717) is 15.6 Å². The van der Waals surface area contributed by atoms with Gasteiger partial charge in [-0.2, -0.15) is 0 Å². The normalized spacial score (nSPS) is 12.9. The fourth-order valence-corrected chi connectivity index (χ4v) is 3.60. The van der Waals surface area contributed by atoms with Gasteiger partial charge in [-0.25, -0.2) is 4.39 Å². The Bertz CT molecular complexity index is 883. The molecule has 0 saturated heterocycles. The van der Waals surface area contributed by atoms with E-state index in [1.807, 2.05) is 13.8 Å². The highest BCUT2D eigenvalue weighted by molar-refractivity contribution is 6.36. The molecule has 30 heavy (non-hydrogen) atoms. The van der Waals surface area contributed by atoms with Crippen LogP contribution in [-0.2, 0) is 22.6 Å². The van der Waals surface area contributed by atoms with Gasteiger partial charge in [0.05, 0.1) is 6.42 Å². The van der Waals surface area contributed by atoms with Gasteiger partial charge >= 0.3 is 0 Å². The zero-order valence-electron chi connectivity index (χ0n) is 17.0. The lowest BCUT2D eigenvalue weighted by molar-refractivity contribution is -0.140. The van der Waals surface area contributed by atoms with Gasteiger partial charge in [0.1, 0.15) is 11.9 Å². The van der Waals surface area contributed by atoms with Gasteiger partial charge in [-0.05, 0) is 44.5 Å². The van der Waals surface area contributed by atoms with Crippen LogP contribution in [-0.4, -0.2) is 28.8 Å². The number of nitrogens with one attached hydrogen (secondary N) is 1. The molecule has 1 N–H and O–H groups in total. The summed E-state index contributed by atoms with van der Waals surface area (Å²) in [4.78, 5) is 27.3. The third kappa shape index (κ3) is 6.10. The van der Waals surface area contributed by atoms with Gasteiger partial charge in [-0.15, -0.1) is 0 Å². The number of carbonyl (C=O) groups is 2. The molecule has 0 saturated carbocycles. The maximum Gasteiger partial charge on any atom is 0.242 e. The van der Waals surface area contributed by atoms with Gasteiger partial charge in [0, 0.05) is 38.8 Å². The van der Waals surface area contributed by atoms with Crippen LogP contribution in [0.4, 0.5) is 4.39 Å². The van der Waals surface area contributed by atoms with E-state index in [9.17, 15) is 14.0 Å². The Morgan fingerprint density at radius 1 is 1.00 bits per heavy atom. The fraction of sp³-hybridized carbons (Fsp3) is 0.364. The van der Waals surface area contributed by atoms with E-state index in [4.69, 9.17) is 34.8 Å². The smallest absolute Gasteiger partial charge is 0.242 e. The lowest BCUT2D eigenvalue weighted by Crippen LogP contribution is -2.50. The quantitative estimate of drug-likeness (QED) is 0.538. The Balaban J connectivity index is 2.37. The molecule has 0 heterocycles. The van der Waals surface area contributed by atoms with Crippen LogP contribution in [0.1, 0.15) is 38.3 Å². The number of halogens is 4. The SMILES string of the molecule is CCC(C)NC(=O)C(C)N(Cc1c(Cl)cccc1Cl)C(=O)Cc1c(F)cccc1Cl. The molecular weight excluding hydrogens is 450 g/mol. The van der Waals surface area contributed by atoms with E-state index in [2.05, 4.69) is 5.32 Å². The molecule has 0 aliphatic heterocycles. The maximum atomic E-state index is 14.2. The first-order chi connectivity index (χ1) is 14.1. The van der Waals surface area contributed by atoms with E-state index < -0.39 is 17.8 Å². The molecule has 0 bridgehead atoms. The van der Waals surface area contributed by atoms with E-state index in [0.717, 1.165) is 6.42 Å². The first kappa shape index (κ1) is 24.4. The van der Waals surface area contributed by atoms with Crippen LogP contribution in [0.15, 0.2) is 36.4 Å². The molecule has 2 unspecified atom stereocenters. The lowest BCUT2D eigenvalue weighted by atomic mass is 10.1. The Morgan fingerprint density at radius 3 is 2.07 bits per heavy atom. The maximum absolute atomic E-state index is 14.2. The average Bonchev–Trinajstić information content (AvgIpc) is 2.69. The fourth-order valence-electron chi connectivity index (χ4n) is 2.86. The summed E-state index contributed by atoms with van der Waals surface area (Å²) in [6, 6.07) is 8.34. The molecule has 2 amide bonds. The number of hydrogen-bond acceptors (Lipinski definition) is 2. The molecular formula is C22H24Cl3FN2O2. The Labute approximate surface area is 191 Å². The predicted octanol–water partition coefficient (Wildman–Crippen LogP) is 5.66. The second-order valence-corrected chi connectivity index (χ2v) is 8.31. The van der Waals surface area contributed by atoms with Crippen LogP contribution in [0.3, 0.4) is 0 Å². The van der Waals surface area contributed by atoms with E-state index >= 15 is 0 Å². The van der Waals surface area contributed by atoms with Gasteiger partial charge in [-0.3, -0.25) is 9.59 Å². The van der Waals surface area contributed by atoms with Crippen LogP contribution in [0.5, 0.6) is 0 Å². The van der Waals surface area contributed by atoms with Gasteiger partial charge in [0.25, 0.3) is 0 Å². The third-order valence-corrected chi connectivity index (χ3v) is 6.01. The highest BCUT2D eigenvalue weighted by Crippen LogP contribution is 2.27. The zero-order chi connectivity index (χ0) is 22.4. The highest BCUT2D eigenvalue weighted by Gasteiger charge is 2.29. The minimum absolute atomic E-state index is 0.00148. The van der Waals surface area contributed by atoms with Crippen molar-refractivity contribution < 1.29 is 14.0 Å². The molecule has 8 heteroatoms. The number of carbonyl (C=O) groups excluding carboxylic acids is 2. The Kier molecular flexibility index (Phi) is 8.95. The average molecular weight is 474 g/mol. The van der Waals surface area contributed by atoms with Crippen molar-refractivity contribution in [3.8, 4) is 0 Å². The van der Waals surface area contributed by atoms with Crippen molar-refractivity contribution in [1.29, 1.82) is 0 Å². The summed E-state index contributed by atoms with van der Waals surface area (Å²) in [5.74, 6) is -1.37. The largest absolute Gasteiger partial charge is 0.352 e. The molecule has 2 aromatic rings. The second kappa shape index (κ2) is 11.0. The number of benzene rings is 2. The zero-order valence-corrected chi connectivity index (χ0v) is 19.3. The number of nitrogens with zero attached hydrogens (tertiary/aromatic N) is 1. The van der Waals surface area contributed by atoms with Crippen LogP contribution in [0.2, 0.25) is 15.1 Å². The minimum Gasteiger partial charge on any atom is -0.352 e. The van der Waals surface area contributed by atoms with Crippen molar-refractivity contribution in [3.63, 3.8) is 0 Å². The summed E-state index contributed by atoms with van der Waals surface area (Å²) in [5.41, 5.74) is 0.589. The number of hydrogen-bond donors (Lipinski definition) is 1. The topological polar surface area (TPSA) is 49.4 Å². The molecule has 0 aliphatic rings. The summed E-state index contributed by atoms with van der Waals surface area (Å²) in [6.07, 6.45) is 0.447. The van der Waals surface area contributed by atoms with E-state index in [1.54, 1.807) is 25.1 Å². The first-order valence-electron chi connectivity index (χ1n) is 9.61. The van der Waals surface area contributed by atoms with Crippen LogP contribution >= 0.6 is 34.8 Å². The first-order valence-corrected chi connectivity index (χ1v) is 10.7. The summed E-state index contributed by atoms with van der Waals surface area (Å²) in [7, 11) is 0. The van der Waals surface area contributed by atoms with Crippen molar-refractivity contribution in [2.45, 2.75) is 52.2 Å². The van der Waals surface area contributed by atoms with Crippen molar-refractivity contribution >= 4 is 46.6 Å². The van der Waals surface area contributed by atoms with Gasteiger partial charge in [0.2, 0.25) is 11.8 Å². The van der Waals surface area contributed by atoms with Gasteiger partial charge < -0.3 is 10.2 Å².